The van der Waals surface area contributed by atoms with Crippen molar-refractivity contribution >= 4 is 11.3 Å². The summed E-state index contributed by atoms with van der Waals surface area (Å²) in [4.78, 5) is 6.50. The van der Waals surface area contributed by atoms with Crippen LogP contribution in [-0.4, -0.2) is 29.5 Å². The molecule has 0 bridgehead atoms. The molecule has 2 rings (SSSR count). The highest BCUT2D eigenvalue weighted by atomic mass is 32.1. The molecule has 1 aliphatic heterocycles. The summed E-state index contributed by atoms with van der Waals surface area (Å²) in [5.41, 5.74) is 0. The molecule has 0 saturated carbocycles. The third kappa shape index (κ3) is 2.55. The average molecular weight is 192 g/mol. The van der Waals surface area contributed by atoms with Crippen molar-refractivity contribution < 1.29 is 0 Å². The molecule has 13 heavy (non-hydrogen) atoms. The number of likely N-dealkylation sites (tertiary alicyclic amines) is 1. The number of rotatable bonds is 1. The Labute approximate surface area is 82.6 Å². The van der Waals surface area contributed by atoms with Gasteiger partial charge in [0.1, 0.15) is 0 Å². The van der Waals surface area contributed by atoms with E-state index in [0.29, 0.717) is 0 Å². The fourth-order valence-electron chi connectivity index (χ4n) is 1.45. The quantitative estimate of drug-likeness (QED) is 0.628. The van der Waals surface area contributed by atoms with E-state index in [2.05, 4.69) is 21.7 Å². The van der Waals surface area contributed by atoms with Crippen molar-refractivity contribution in [3.05, 3.63) is 16.6 Å². The van der Waals surface area contributed by atoms with Crippen molar-refractivity contribution in [3.63, 3.8) is 0 Å². The fourth-order valence-corrected chi connectivity index (χ4v) is 1.96. The Morgan fingerprint density at radius 3 is 3.00 bits per heavy atom. The number of aromatic nitrogens is 1. The molecule has 0 aromatic carbocycles. The summed E-state index contributed by atoms with van der Waals surface area (Å²) >= 11 is 1.60. The van der Waals surface area contributed by atoms with Crippen LogP contribution in [0.5, 0.6) is 0 Å². The van der Waals surface area contributed by atoms with Gasteiger partial charge in [-0.25, -0.2) is 4.98 Å². The molecule has 0 unspecified atom stereocenters. The van der Waals surface area contributed by atoms with E-state index in [1.807, 2.05) is 5.38 Å². The van der Waals surface area contributed by atoms with Gasteiger partial charge in [-0.1, -0.05) is 5.92 Å². The summed E-state index contributed by atoms with van der Waals surface area (Å²) in [6.07, 6.45) is 4.46. The van der Waals surface area contributed by atoms with Gasteiger partial charge in [0.25, 0.3) is 0 Å². The van der Waals surface area contributed by atoms with Gasteiger partial charge >= 0.3 is 0 Å². The third-order valence-corrected chi connectivity index (χ3v) is 2.82. The Morgan fingerprint density at radius 1 is 1.46 bits per heavy atom. The topological polar surface area (TPSA) is 16.1 Å². The lowest BCUT2D eigenvalue weighted by Gasteiger charge is -2.08. The average Bonchev–Trinajstić information content (AvgIpc) is 2.75. The molecule has 2 heterocycles. The summed E-state index contributed by atoms with van der Waals surface area (Å²) < 4.78 is 0. The highest BCUT2D eigenvalue weighted by Crippen LogP contribution is 2.06. The van der Waals surface area contributed by atoms with Crippen LogP contribution in [0.2, 0.25) is 0 Å². The van der Waals surface area contributed by atoms with Crippen molar-refractivity contribution in [2.24, 2.45) is 0 Å². The minimum Gasteiger partial charge on any atom is -0.292 e. The number of nitrogens with zero attached hydrogens (tertiary/aromatic N) is 2. The molecular weight excluding hydrogens is 180 g/mol. The predicted molar refractivity (Wildman–Crippen MR) is 54.7 cm³/mol. The molecule has 3 heteroatoms. The second kappa shape index (κ2) is 4.40. The van der Waals surface area contributed by atoms with Gasteiger partial charge in [-0.3, -0.25) is 4.90 Å². The normalized spacial score (nSPS) is 16.9. The molecule has 1 aromatic heterocycles. The molecule has 1 saturated heterocycles. The second-order valence-electron chi connectivity index (χ2n) is 3.12. The summed E-state index contributed by atoms with van der Waals surface area (Å²) in [5, 5.41) is 2.89. The van der Waals surface area contributed by atoms with Gasteiger partial charge in [0.2, 0.25) is 0 Å². The first-order chi connectivity index (χ1) is 6.45. The lowest BCUT2D eigenvalue weighted by molar-refractivity contribution is 0.383. The van der Waals surface area contributed by atoms with Gasteiger partial charge in [-0.15, -0.1) is 11.3 Å². The van der Waals surface area contributed by atoms with E-state index in [4.69, 9.17) is 0 Å². The van der Waals surface area contributed by atoms with E-state index in [1.54, 1.807) is 17.5 Å². The summed E-state index contributed by atoms with van der Waals surface area (Å²) in [6, 6.07) is 0. The van der Waals surface area contributed by atoms with Crippen LogP contribution in [0.3, 0.4) is 0 Å². The minimum atomic E-state index is 0.902. The molecule has 0 N–H and O–H groups in total. The molecule has 68 valence electrons. The number of thiazole rings is 1. The van der Waals surface area contributed by atoms with E-state index in [0.717, 1.165) is 11.6 Å². The van der Waals surface area contributed by atoms with Crippen LogP contribution < -0.4 is 0 Å². The van der Waals surface area contributed by atoms with Crippen LogP contribution in [-0.2, 0) is 0 Å². The molecular formula is C10H12N2S. The zero-order chi connectivity index (χ0) is 8.93. The Balaban J connectivity index is 1.83. The molecule has 0 spiro atoms. The molecule has 1 aromatic rings. The van der Waals surface area contributed by atoms with Crippen LogP contribution in [0, 0.1) is 11.8 Å². The van der Waals surface area contributed by atoms with Crippen molar-refractivity contribution in [2.75, 3.05) is 19.6 Å². The zero-order valence-corrected chi connectivity index (χ0v) is 8.31. The predicted octanol–water partition coefficient (Wildman–Crippen LogP) is 1.59. The van der Waals surface area contributed by atoms with Crippen LogP contribution in [0.25, 0.3) is 0 Å². The van der Waals surface area contributed by atoms with Crippen molar-refractivity contribution in [3.8, 4) is 11.8 Å². The number of hydrogen-bond acceptors (Lipinski definition) is 3. The van der Waals surface area contributed by atoms with Crippen LogP contribution in [0.15, 0.2) is 11.6 Å². The lowest BCUT2D eigenvalue weighted by atomic mass is 10.4. The minimum absolute atomic E-state index is 0.902. The van der Waals surface area contributed by atoms with Gasteiger partial charge in [0.15, 0.2) is 5.01 Å². The van der Waals surface area contributed by atoms with E-state index in [-0.39, 0.29) is 0 Å². The zero-order valence-electron chi connectivity index (χ0n) is 7.49. The number of hydrogen-bond donors (Lipinski definition) is 0. The molecule has 0 radical (unpaired) electrons. The van der Waals surface area contributed by atoms with Crippen LogP contribution >= 0.6 is 11.3 Å². The van der Waals surface area contributed by atoms with E-state index < -0.39 is 0 Å². The first-order valence-electron chi connectivity index (χ1n) is 4.56. The Hall–Kier alpha value is -0.850. The highest BCUT2D eigenvalue weighted by molar-refractivity contribution is 7.10. The maximum absolute atomic E-state index is 4.11. The lowest BCUT2D eigenvalue weighted by Crippen LogP contribution is -2.18. The van der Waals surface area contributed by atoms with E-state index in [9.17, 15) is 0 Å². The Kier molecular flexibility index (Phi) is 2.96. The molecule has 0 atom stereocenters. The Bertz CT molecular complexity index is 301. The fraction of sp³-hybridized carbons (Fsp3) is 0.500. The molecule has 0 aliphatic carbocycles. The third-order valence-electron chi connectivity index (χ3n) is 2.13. The SMILES string of the molecule is C(#Cc1nccs1)CN1CCCC1. The van der Waals surface area contributed by atoms with Gasteiger partial charge in [-0.2, -0.15) is 0 Å². The van der Waals surface area contributed by atoms with Gasteiger partial charge in [-0.05, 0) is 31.9 Å². The summed E-state index contributed by atoms with van der Waals surface area (Å²) in [7, 11) is 0. The second-order valence-corrected chi connectivity index (χ2v) is 4.02. The first kappa shape index (κ1) is 8.74. The maximum Gasteiger partial charge on any atom is 0.166 e. The summed E-state index contributed by atoms with van der Waals surface area (Å²) in [5.74, 6) is 6.22. The van der Waals surface area contributed by atoms with E-state index >= 15 is 0 Å². The monoisotopic (exact) mass is 192 g/mol. The van der Waals surface area contributed by atoms with Crippen molar-refractivity contribution in [2.45, 2.75) is 12.8 Å². The van der Waals surface area contributed by atoms with Crippen molar-refractivity contribution in [1.29, 1.82) is 0 Å². The first-order valence-corrected chi connectivity index (χ1v) is 5.44. The van der Waals surface area contributed by atoms with Gasteiger partial charge < -0.3 is 0 Å². The summed E-state index contributed by atoms with van der Waals surface area (Å²) in [6.45, 7) is 3.33. The van der Waals surface area contributed by atoms with Crippen LogP contribution in [0.1, 0.15) is 17.8 Å². The van der Waals surface area contributed by atoms with Crippen molar-refractivity contribution in [1.82, 2.24) is 9.88 Å². The smallest absolute Gasteiger partial charge is 0.166 e. The highest BCUT2D eigenvalue weighted by Gasteiger charge is 2.08. The molecule has 0 amide bonds. The van der Waals surface area contributed by atoms with Gasteiger partial charge in [0, 0.05) is 11.6 Å². The maximum atomic E-state index is 4.11. The van der Waals surface area contributed by atoms with Gasteiger partial charge in [0.05, 0.1) is 6.54 Å². The molecule has 1 aliphatic rings. The largest absolute Gasteiger partial charge is 0.292 e. The van der Waals surface area contributed by atoms with Crippen LogP contribution in [0.4, 0.5) is 0 Å². The standard InChI is InChI=1S/C10H12N2S/c1-2-7-12(6-1)8-3-4-10-11-5-9-13-10/h5,9H,1-2,6-8H2. The molecule has 2 nitrogen and oxygen atoms in total. The Morgan fingerprint density at radius 2 is 2.31 bits per heavy atom. The molecule has 1 fully saturated rings. The van der Waals surface area contributed by atoms with E-state index in [1.165, 1.54) is 25.9 Å².